The third-order valence-electron chi connectivity index (χ3n) is 3.59. The van der Waals surface area contributed by atoms with Gasteiger partial charge in [-0.2, -0.15) is 4.98 Å². The molecule has 0 spiro atoms. The molecule has 128 valence electrons. The van der Waals surface area contributed by atoms with Crippen LogP contribution in [0.15, 0.2) is 64.0 Å². The minimum Gasteiger partial charge on any atom is -0.352 e. The number of hydrogen-bond donors (Lipinski definition) is 1. The number of amides is 1. The largest absolute Gasteiger partial charge is 0.352 e. The standard InChI is InChI=1S/C19H19N3O2S/c1-14-21-18(24-22-14)13-25-17-10-6-5-9-16(17)19(23)20-12-11-15-7-3-2-4-8-15/h2-10H,11-13H2,1H3,(H,20,23). The van der Waals surface area contributed by atoms with Gasteiger partial charge in [0.25, 0.3) is 5.91 Å². The van der Waals surface area contributed by atoms with Crippen LogP contribution in [0.25, 0.3) is 0 Å². The molecule has 0 saturated carbocycles. The fourth-order valence-corrected chi connectivity index (χ4v) is 3.27. The van der Waals surface area contributed by atoms with Crippen molar-refractivity contribution < 1.29 is 9.32 Å². The third-order valence-corrected chi connectivity index (χ3v) is 4.65. The van der Waals surface area contributed by atoms with Crippen LogP contribution < -0.4 is 5.32 Å². The van der Waals surface area contributed by atoms with E-state index in [4.69, 9.17) is 4.52 Å². The Labute approximate surface area is 150 Å². The van der Waals surface area contributed by atoms with Crippen LogP contribution in [-0.4, -0.2) is 22.6 Å². The number of thioether (sulfide) groups is 1. The molecule has 0 aliphatic rings. The van der Waals surface area contributed by atoms with Crippen LogP contribution in [0.4, 0.5) is 0 Å². The molecule has 1 N–H and O–H groups in total. The number of aryl methyl sites for hydroxylation is 1. The van der Waals surface area contributed by atoms with E-state index in [0.29, 0.717) is 29.6 Å². The van der Waals surface area contributed by atoms with Gasteiger partial charge < -0.3 is 9.84 Å². The fraction of sp³-hybridized carbons (Fsp3) is 0.211. The normalized spacial score (nSPS) is 10.6. The van der Waals surface area contributed by atoms with Gasteiger partial charge in [0, 0.05) is 11.4 Å². The van der Waals surface area contributed by atoms with Gasteiger partial charge in [-0.3, -0.25) is 4.79 Å². The van der Waals surface area contributed by atoms with Crippen LogP contribution >= 0.6 is 11.8 Å². The van der Waals surface area contributed by atoms with Gasteiger partial charge in [0.2, 0.25) is 5.89 Å². The number of nitrogens with one attached hydrogen (secondary N) is 1. The Hall–Kier alpha value is -2.60. The van der Waals surface area contributed by atoms with Crippen molar-refractivity contribution in [1.82, 2.24) is 15.5 Å². The number of rotatable bonds is 7. The van der Waals surface area contributed by atoms with Gasteiger partial charge in [0.15, 0.2) is 5.82 Å². The van der Waals surface area contributed by atoms with Crippen molar-refractivity contribution in [3.05, 3.63) is 77.4 Å². The molecule has 5 nitrogen and oxygen atoms in total. The molecule has 1 heterocycles. The maximum absolute atomic E-state index is 12.5. The van der Waals surface area contributed by atoms with Crippen molar-refractivity contribution in [2.75, 3.05) is 6.54 Å². The summed E-state index contributed by atoms with van der Waals surface area (Å²) in [5.41, 5.74) is 1.87. The van der Waals surface area contributed by atoms with Crippen molar-refractivity contribution in [2.24, 2.45) is 0 Å². The van der Waals surface area contributed by atoms with E-state index in [9.17, 15) is 4.79 Å². The molecule has 0 aliphatic carbocycles. The van der Waals surface area contributed by atoms with Crippen LogP contribution in [0.1, 0.15) is 27.6 Å². The summed E-state index contributed by atoms with van der Waals surface area (Å²) in [4.78, 5) is 17.6. The lowest BCUT2D eigenvalue weighted by atomic mass is 10.1. The molecular weight excluding hydrogens is 334 g/mol. The Morgan fingerprint density at radius 1 is 1.12 bits per heavy atom. The van der Waals surface area contributed by atoms with Gasteiger partial charge in [-0.25, -0.2) is 0 Å². The second-order valence-electron chi connectivity index (χ2n) is 5.51. The van der Waals surface area contributed by atoms with E-state index in [1.807, 2.05) is 42.5 Å². The van der Waals surface area contributed by atoms with Gasteiger partial charge in [-0.1, -0.05) is 47.6 Å². The molecule has 25 heavy (non-hydrogen) atoms. The van der Waals surface area contributed by atoms with Crippen LogP contribution in [0.5, 0.6) is 0 Å². The van der Waals surface area contributed by atoms with Gasteiger partial charge in [-0.05, 0) is 31.0 Å². The SMILES string of the molecule is Cc1noc(CSc2ccccc2C(=O)NCCc2ccccc2)n1. The number of hydrogen-bond acceptors (Lipinski definition) is 5. The third kappa shape index (κ3) is 4.93. The molecule has 0 saturated heterocycles. The number of carbonyl (C=O) groups excluding carboxylic acids is 1. The highest BCUT2D eigenvalue weighted by Gasteiger charge is 2.12. The van der Waals surface area contributed by atoms with Crippen molar-refractivity contribution in [3.63, 3.8) is 0 Å². The van der Waals surface area contributed by atoms with E-state index >= 15 is 0 Å². The van der Waals surface area contributed by atoms with E-state index in [1.54, 1.807) is 6.92 Å². The minimum absolute atomic E-state index is 0.0688. The first-order valence-electron chi connectivity index (χ1n) is 8.05. The van der Waals surface area contributed by atoms with E-state index < -0.39 is 0 Å². The molecular formula is C19H19N3O2S. The molecule has 0 unspecified atom stereocenters. The zero-order chi connectivity index (χ0) is 17.5. The second kappa shape index (κ2) is 8.48. The van der Waals surface area contributed by atoms with Gasteiger partial charge >= 0.3 is 0 Å². The average Bonchev–Trinajstić information content (AvgIpc) is 3.06. The lowest BCUT2D eigenvalue weighted by Crippen LogP contribution is -2.26. The summed E-state index contributed by atoms with van der Waals surface area (Å²) in [5, 5.41) is 6.76. The first kappa shape index (κ1) is 17.2. The van der Waals surface area contributed by atoms with Crippen LogP contribution in [0, 0.1) is 6.92 Å². The smallest absolute Gasteiger partial charge is 0.252 e. The van der Waals surface area contributed by atoms with Crippen LogP contribution in [0.3, 0.4) is 0 Å². The lowest BCUT2D eigenvalue weighted by Gasteiger charge is -2.09. The number of carbonyl (C=O) groups is 1. The average molecular weight is 353 g/mol. The molecule has 0 atom stereocenters. The van der Waals surface area contributed by atoms with E-state index in [2.05, 4.69) is 27.6 Å². The zero-order valence-corrected chi connectivity index (χ0v) is 14.8. The predicted molar refractivity (Wildman–Crippen MR) is 97.5 cm³/mol. The quantitative estimate of drug-likeness (QED) is 0.657. The molecule has 0 fully saturated rings. The first-order chi connectivity index (χ1) is 12.2. The highest BCUT2D eigenvalue weighted by molar-refractivity contribution is 7.98. The summed E-state index contributed by atoms with van der Waals surface area (Å²) in [6.45, 7) is 2.39. The fourth-order valence-electron chi connectivity index (χ4n) is 2.38. The Balaban J connectivity index is 1.58. The minimum atomic E-state index is -0.0688. The van der Waals surface area contributed by atoms with E-state index in [1.165, 1.54) is 17.3 Å². The van der Waals surface area contributed by atoms with Crippen LogP contribution in [-0.2, 0) is 12.2 Å². The molecule has 3 rings (SSSR count). The molecule has 0 aliphatic heterocycles. The lowest BCUT2D eigenvalue weighted by molar-refractivity contribution is 0.0951. The maximum Gasteiger partial charge on any atom is 0.252 e. The summed E-state index contributed by atoms with van der Waals surface area (Å²) in [6.07, 6.45) is 0.809. The predicted octanol–water partition coefficient (Wildman–Crippen LogP) is 3.64. The molecule has 2 aromatic carbocycles. The Morgan fingerprint density at radius 3 is 2.64 bits per heavy atom. The number of nitrogens with zero attached hydrogens (tertiary/aromatic N) is 2. The molecule has 0 bridgehead atoms. The van der Waals surface area contributed by atoms with Crippen molar-refractivity contribution in [1.29, 1.82) is 0 Å². The van der Waals surface area contributed by atoms with Crippen molar-refractivity contribution in [2.45, 2.75) is 24.0 Å². The topological polar surface area (TPSA) is 68.0 Å². The van der Waals surface area contributed by atoms with Gasteiger partial charge in [0.05, 0.1) is 11.3 Å². The van der Waals surface area contributed by atoms with E-state index in [0.717, 1.165) is 11.3 Å². The van der Waals surface area contributed by atoms with Gasteiger partial charge in [-0.15, -0.1) is 11.8 Å². The Bertz CT molecular complexity index is 833. The highest BCUT2D eigenvalue weighted by atomic mass is 32.2. The van der Waals surface area contributed by atoms with Gasteiger partial charge in [0.1, 0.15) is 0 Å². The maximum atomic E-state index is 12.5. The molecule has 3 aromatic rings. The summed E-state index contributed by atoms with van der Waals surface area (Å²) < 4.78 is 5.12. The highest BCUT2D eigenvalue weighted by Crippen LogP contribution is 2.25. The van der Waals surface area contributed by atoms with Crippen molar-refractivity contribution >= 4 is 17.7 Å². The zero-order valence-electron chi connectivity index (χ0n) is 13.9. The number of aromatic nitrogens is 2. The summed E-state index contributed by atoms with van der Waals surface area (Å²) >= 11 is 1.51. The number of benzene rings is 2. The Kier molecular flexibility index (Phi) is 5.85. The molecule has 1 amide bonds. The molecule has 0 radical (unpaired) electrons. The Morgan fingerprint density at radius 2 is 1.88 bits per heavy atom. The van der Waals surface area contributed by atoms with Crippen molar-refractivity contribution in [3.8, 4) is 0 Å². The van der Waals surface area contributed by atoms with Crippen LogP contribution in [0.2, 0.25) is 0 Å². The summed E-state index contributed by atoms with van der Waals surface area (Å²) in [6, 6.07) is 17.7. The molecule has 6 heteroatoms. The second-order valence-corrected chi connectivity index (χ2v) is 6.53. The summed E-state index contributed by atoms with van der Waals surface area (Å²) in [5.74, 6) is 1.64. The van der Waals surface area contributed by atoms with E-state index in [-0.39, 0.29) is 5.91 Å². The monoisotopic (exact) mass is 353 g/mol. The first-order valence-corrected chi connectivity index (χ1v) is 9.04. The summed E-state index contributed by atoms with van der Waals surface area (Å²) in [7, 11) is 0. The molecule has 1 aromatic heterocycles.